The second kappa shape index (κ2) is 4.91. The third kappa shape index (κ3) is 4.01. The molecule has 0 aliphatic rings. The third-order valence-corrected chi connectivity index (χ3v) is 1.20. The van der Waals surface area contributed by atoms with Gasteiger partial charge in [0.05, 0.1) is 11.4 Å². The molecule has 0 atom stereocenters. The Morgan fingerprint density at radius 1 is 0.900 bits per heavy atom. The lowest BCUT2D eigenvalue weighted by Gasteiger charge is -1.87. The SMILES string of the molecule is CC=C(C)N=NC(C)=CC. The van der Waals surface area contributed by atoms with Gasteiger partial charge in [-0.05, 0) is 27.7 Å². The lowest BCUT2D eigenvalue weighted by Crippen LogP contribution is -1.67. The van der Waals surface area contributed by atoms with Crippen LogP contribution < -0.4 is 0 Å². The number of hydrogen-bond donors (Lipinski definition) is 0. The van der Waals surface area contributed by atoms with Crippen molar-refractivity contribution >= 4 is 0 Å². The van der Waals surface area contributed by atoms with Crippen molar-refractivity contribution in [3.8, 4) is 0 Å². The molecule has 0 saturated carbocycles. The molecule has 0 aromatic carbocycles. The molecule has 0 amide bonds. The van der Waals surface area contributed by atoms with E-state index in [0.717, 1.165) is 11.4 Å². The predicted octanol–water partition coefficient (Wildman–Crippen LogP) is 3.29. The first-order chi connectivity index (χ1) is 4.70. The summed E-state index contributed by atoms with van der Waals surface area (Å²) in [7, 11) is 0. The third-order valence-electron chi connectivity index (χ3n) is 1.20. The molecule has 0 saturated heterocycles. The summed E-state index contributed by atoms with van der Waals surface area (Å²) in [4.78, 5) is 0. The molecule has 0 spiro atoms. The van der Waals surface area contributed by atoms with Crippen LogP contribution in [0.25, 0.3) is 0 Å². The summed E-state index contributed by atoms with van der Waals surface area (Å²) < 4.78 is 0. The zero-order valence-corrected chi connectivity index (χ0v) is 7.05. The van der Waals surface area contributed by atoms with Gasteiger partial charge in [-0.3, -0.25) is 0 Å². The van der Waals surface area contributed by atoms with E-state index in [0.29, 0.717) is 0 Å². The molecular weight excluding hydrogens is 124 g/mol. The summed E-state index contributed by atoms with van der Waals surface area (Å²) in [6.45, 7) is 7.73. The summed E-state index contributed by atoms with van der Waals surface area (Å²) in [5.41, 5.74) is 1.89. The lowest BCUT2D eigenvalue weighted by atomic mass is 10.5. The van der Waals surface area contributed by atoms with Crippen molar-refractivity contribution in [2.24, 2.45) is 10.2 Å². The van der Waals surface area contributed by atoms with Crippen LogP contribution in [0.15, 0.2) is 33.8 Å². The van der Waals surface area contributed by atoms with Gasteiger partial charge in [0.2, 0.25) is 0 Å². The molecule has 0 rings (SSSR count). The van der Waals surface area contributed by atoms with Crippen molar-refractivity contribution in [2.45, 2.75) is 27.7 Å². The van der Waals surface area contributed by atoms with E-state index in [1.807, 2.05) is 39.8 Å². The van der Waals surface area contributed by atoms with Gasteiger partial charge < -0.3 is 0 Å². The summed E-state index contributed by atoms with van der Waals surface area (Å²) >= 11 is 0. The molecule has 0 radical (unpaired) electrons. The molecule has 0 N–H and O–H groups in total. The fourth-order valence-corrected chi connectivity index (χ4v) is 0.273. The first kappa shape index (κ1) is 9.08. The van der Waals surface area contributed by atoms with Crippen LogP contribution >= 0.6 is 0 Å². The zero-order valence-electron chi connectivity index (χ0n) is 7.05. The molecule has 0 aliphatic heterocycles. The molecule has 2 nitrogen and oxygen atoms in total. The molecule has 56 valence electrons. The van der Waals surface area contributed by atoms with Crippen molar-refractivity contribution in [2.75, 3.05) is 0 Å². The number of hydrogen-bond acceptors (Lipinski definition) is 2. The number of allylic oxidation sites excluding steroid dienone is 4. The Labute approximate surface area is 62.4 Å². The maximum absolute atomic E-state index is 3.93. The fourth-order valence-electron chi connectivity index (χ4n) is 0.273. The highest BCUT2D eigenvalue weighted by atomic mass is 15.1. The van der Waals surface area contributed by atoms with Crippen LogP contribution in [0.2, 0.25) is 0 Å². The van der Waals surface area contributed by atoms with Crippen molar-refractivity contribution in [3.63, 3.8) is 0 Å². The summed E-state index contributed by atoms with van der Waals surface area (Å²) in [6, 6.07) is 0. The van der Waals surface area contributed by atoms with E-state index in [-0.39, 0.29) is 0 Å². The number of rotatable bonds is 2. The van der Waals surface area contributed by atoms with E-state index in [9.17, 15) is 0 Å². The van der Waals surface area contributed by atoms with Crippen LogP contribution in [0.1, 0.15) is 27.7 Å². The van der Waals surface area contributed by atoms with E-state index in [1.54, 1.807) is 0 Å². The van der Waals surface area contributed by atoms with Gasteiger partial charge in [0.25, 0.3) is 0 Å². The van der Waals surface area contributed by atoms with E-state index in [4.69, 9.17) is 0 Å². The van der Waals surface area contributed by atoms with Crippen LogP contribution in [0.4, 0.5) is 0 Å². The second-order valence-corrected chi connectivity index (χ2v) is 2.06. The Kier molecular flexibility index (Phi) is 4.46. The van der Waals surface area contributed by atoms with Gasteiger partial charge in [-0.15, -0.1) is 0 Å². The molecule has 0 unspecified atom stereocenters. The zero-order chi connectivity index (χ0) is 7.98. The smallest absolute Gasteiger partial charge is 0.0557 e. The molecule has 0 fully saturated rings. The largest absolute Gasteiger partial charge is 0.156 e. The van der Waals surface area contributed by atoms with Gasteiger partial charge in [-0.2, -0.15) is 10.2 Å². The van der Waals surface area contributed by atoms with E-state index >= 15 is 0 Å². The monoisotopic (exact) mass is 138 g/mol. The van der Waals surface area contributed by atoms with Crippen LogP contribution in [0.5, 0.6) is 0 Å². The Bertz CT molecular complexity index is 156. The maximum Gasteiger partial charge on any atom is 0.0557 e. The summed E-state index contributed by atoms with van der Waals surface area (Å²) in [5, 5.41) is 7.86. The highest BCUT2D eigenvalue weighted by Crippen LogP contribution is 2.00. The van der Waals surface area contributed by atoms with E-state index in [1.165, 1.54) is 0 Å². The van der Waals surface area contributed by atoms with E-state index < -0.39 is 0 Å². The Balaban J connectivity index is 4.01. The molecule has 0 heterocycles. The minimum Gasteiger partial charge on any atom is -0.156 e. The normalized spacial score (nSPS) is 14.8. The summed E-state index contributed by atoms with van der Waals surface area (Å²) in [6.07, 6.45) is 3.85. The minimum atomic E-state index is 0.946. The van der Waals surface area contributed by atoms with E-state index in [2.05, 4.69) is 10.2 Å². The van der Waals surface area contributed by atoms with Gasteiger partial charge in [0, 0.05) is 0 Å². The standard InChI is InChI=1S/C8H14N2/c1-5-7(3)9-10-8(4)6-2/h5-6H,1-4H3. The second-order valence-electron chi connectivity index (χ2n) is 2.06. The van der Waals surface area contributed by atoms with Gasteiger partial charge in [0.1, 0.15) is 0 Å². The van der Waals surface area contributed by atoms with Crippen LogP contribution in [-0.4, -0.2) is 0 Å². The lowest BCUT2D eigenvalue weighted by molar-refractivity contribution is 1.05. The highest BCUT2D eigenvalue weighted by molar-refractivity contribution is 4.96. The molecule has 0 aromatic heterocycles. The quantitative estimate of drug-likeness (QED) is 0.523. The van der Waals surface area contributed by atoms with Crippen molar-refractivity contribution in [1.82, 2.24) is 0 Å². The molecule has 10 heavy (non-hydrogen) atoms. The molecule has 2 heteroatoms. The van der Waals surface area contributed by atoms with Crippen LogP contribution in [-0.2, 0) is 0 Å². The maximum atomic E-state index is 3.93. The summed E-state index contributed by atoms with van der Waals surface area (Å²) in [5.74, 6) is 0. The Morgan fingerprint density at radius 3 is 1.40 bits per heavy atom. The van der Waals surface area contributed by atoms with Crippen LogP contribution in [0.3, 0.4) is 0 Å². The van der Waals surface area contributed by atoms with Gasteiger partial charge in [-0.1, -0.05) is 12.2 Å². The predicted molar refractivity (Wildman–Crippen MR) is 43.7 cm³/mol. The van der Waals surface area contributed by atoms with Gasteiger partial charge in [0.15, 0.2) is 0 Å². The fraction of sp³-hybridized carbons (Fsp3) is 0.500. The molecule has 0 aliphatic carbocycles. The van der Waals surface area contributed by atoms with Crippen molar-refractivity contribution < 1.29 is 0 Å². The Morgan fingerprint density at radius 2 is 1.20 bits per heavy atom. The molecule has 0 aromatic rings. The molecule has 0 bridgehead atoms. The van der Waals surface area contributed by atoms with Crippen LogP contribution in [0, 0.1) is 0 Å². The van der Waals surface area contributed by atoms with Gasteiger partial charge >= 0.3 is 0 Å². The van der Waals surface area contributed by atoms with Crippen molar-refractivity contribution in [1.29, 1.82) is 0 Å². The average Bonchev–Trinajstić information content (AvgIpc) is 1.99. The average molecular weight is 138 g/mol. The highest BCUT2D eigenvalue weighted by Gasteiger charge is 1.80. The first-order valence-electron chi connectivity index (χ1n) is 3.38. The topological polar surface area (TPSA) is 24.7 Å². The Hall–Kier alpha value is -0.920. The minimum absolute atomic E-state index is 0.946. The van der Waals surface area contributed by atoms with Crippen molar-refractivity contribution in [3.05, 3.63) is 23.5 Å². The molecular formula is C8H14N2. The first-order valence-corrected chi connectivity index (χ1v) is 3.38. The number of azo groups is 1. The van der Waals surface area contributed by atoms with Gasteiger partial charge in [-0.25, -0.2) is 0 Å². The number of nitrogens with zero attached hydrogens (tertiary/aromatic N) is 2.